The molecule has 0 N–H and O–H groups in total. The van der Waals surface area contributed by atoms with Gasteiger partial charge in [-0.15, -0.1) is 12.4 Å². The molecular weight excluding hydrogens is 327 g/mol. The fraction of sp³-hybridized carbons (Fsp3) is 0.500. The van der Waals surface area contributed by atoms with Crippen molar-refractivity contribution in [1.29, 1.82) is 0 Å². The molecule has 0 aliphatic heterocycles. The average molecular weight is 340 g/mol. The summed E-state index contributed by atoms with van der Waals surface area (Å²) in [4.78, 5) is 0. The second-order valence-electron chi connectivity index (χ2n) is 2.14. The van der Waals surface area contributed by atoms with Crippen LogP contribution >= 0.6 is 12.4 Å². The predicted molar refractivity (Wildman–Crippen MR) is 44.0 cm³/mol. The van der Waals surface area contributed by atoms with Gasteiger partial charge in [0.1, 0.15) is 0 Å². The molecule has 1 rings (SSSR count). The third-order valence-electron chi connectivity index (χ3n) is 1.37. The van der Waals surface area contributed by atoms with E-state index in [4.69, 9.17) is 0 Å². The summed E-state index contributed by atoms with van der Waals surface area (Å²) in [7, 11) is 0. The molecule has 62 valence electrons. The van der Waals surface area contributed by atoms with Crippen LogP contribution in [0, 0.1) is 0 Å². The predicted octanol–water partition coefficient (Wildman–Crippen LogP) is 3.09. The number of hydrogen-bond donors (Lipinski definition) is 0. The van der Waals surface area contributed by atoms with Gasteiger partial charge in [-0.05, 0) is 25.7 Å². The molecule has 0 nitrogen and oxygen atoms in total. The number of halogens is 1. The van der Waals surface area contributed by atoms with E-state index in [0.29, 0.717) is 0 Å². The molecule has 0 amide bonds. The standard InChI is InChI=1S/C8H12.ClH.Pt/c1-2-4-6-8-7-5-3-1;;/h1-4H,5-8H2;1H;/b3-1-,4-2-;;. The first kappa shape index (κ1) is 13.1. The monoisotopic (exact) mass is 339 g/mol. The van der Waals surface area contributed by atoms with Crippen molar-refractivity contribution in [2.24, 2.45) is 0 Å². The van der Waals surface area contributed by atoms with Gasteiger partial charge in [-0.2, -0.15) is 0 Å². The van der Waals surface area contributed by atoms with Crippen molar-refractivity contribution >= 4 is 12.4 Å². The third kappa shape index (κ3) is 6.58. The molecule has 0 fully saturated rings. The maximum Gasteiger partial charge on any atom is 0 e. The molecule has 0 saturated heterocycles. The first-order valence-electron chi connectivity index (χ1n) is 3.32. The number of hydrogen-bond acceptors (Lipinski definition) is 0. The van der Waals surface area contributed by atoms with E-state index in [2.05, 4.69) is 24.3 Å². The molecule has 0 aromatic carbocycles. The summed E-state index contributed by atoms with van der Waals surface area (Å²) in [5, 5.41) is 0. The van der Waals surface area contributed by atoms with E-state index in [1.807, 2.05) is 0 Å². The first-order chi connectivity index (χ1) is 4.00. The molecule has 0 bridgehead atoms. The minimum atomic E-state index is 0. The normalized spacial score (nSPS) is 22.4. The van der Waals surface area contributed by atoms with Crippen molar-refractivity contribution in [3.05, 3.63) is 24.3 Å². The molecule has 10 heavy (non-hydrogen) atoms. The Hall–Kier alpha value is 0.458. The van der Waals surface area contributed by atoms with Gasteiger partial charge in [-0.3, -0.25) is 0 Å². The van der Waals surface area contributed by atoms with E-state index in [1.54, 1.807) is 0 Å². The van der Waals surface area contributed by atoms with Crippen LogP contribution in [0.25, 0.3) is 0 Å². The zero-order valence-electron chi connectivity index (χ0n) is 5.86. The van der Waals surface area contributed by atoms with E-state index < -0.39 is 0 Å². The molecule has 0 atom stereocenters. The van der Waals surface area contributed by atoms with Crippen LogP contribution in [0.4, 0.5) is 0 Å². The van der Waals surface area contributed by atoms with Gasteiger partial charge in [0, 0.05) is 21.1 Å². The van der Waals surface area contributed by atoms with Gasteiger partial charge in [-0.25, -0.2) is 0 Å². The van der Waals surface area contributed by atoms with Crippen LogP contribution in [-0.4, -0.2) is 0 Å². The SMILES string of the molecule is C1=C\CCCC\C=C/1.Cl.[Pt]. The van der Waals surface area contributed by atoms with Gasteiger partial charge >= 0.3 is 0 Å². The van der Waals surface area contributed by atoms with Gasteiger partial charge in [0.2, 0.25) is 0 Å². The van der Waals surface area contributed by atoms with Crippen molar-refractivity contribution in [3.63, 3.8) is 0 Å². The summed E-state index contributed by atoms with van der Waals surface area (Å²) in [6, 6.07) is 0. The molecule has 0 spiro atoms. The molecule has 2 heteroatoms. The zero-order valence-corrected chi connectivity index (χ0v) is 8.95. The van der Waals surface area contributed by atoms with E-state index in [9.17, 15) is 0 Å². The van der Waals surface area contributed by atoms with Crippen molar-refractivity contribution in [3.8, 4) is 0 Å². The second-order valence-corrected chi connectivity index (χ2v) is 2.14. The van der Waals surface area contributed by atoms with Crippen LogP contribution < -0.4 is 0 Å². The van der Waals surface area contributed by atoms with Crippen LogP contribution in [0.15, 0.2) is 24.3 Å². The minimum Gasteiger partial charge on any atom is -0.147 e. The quantitative estimate of drug-likeness (QED) is 0.636. The van der Waals surface area contributed by atoms with Crippen molar-refractivity contribution in [1.82, 2.24) is 0 Å². The topological polar surface area (TPSA) is 0 Å². The Morgan fingerprint density at radius 1 is 0.800 bits per heavy atom. The number of rotatable bonds is 0. The zero-order chi connectivity index (χ0) is 5.66. The molecule has 0 heterocycles. The van der Waals surface area contributed by atoms with E-state index in [1.165, 1.54) is 25.7 Å². The average Bonchev–Trinajstić information content (AvgIpc) is 1.62. The molecule has 1 aliphatic rings. The van der Waals surface area contributed by atoms with Crippen molar-refractivity contribution in [2.75, 3.05) is 0 Å². The molecule has 0 saturated carbocycles. The summed E-state index contributed by atoms with van der Waals surface area (Å²) < 4.78 is 0. The third-order valence-corrected chi connectivity index (χ3v) is 1.37. The Kier molecular flexibility index (Phi) is 12.4. The molecule has 0 aromatic rings. The summed E-state index contributed by atoms with van der Waals surface area (Å²) in [5.41, 5.74) is 0. The Bertz CT molecular complexity index is 93.8. The van der Waals surface area contributed by atoms with E-state index in [0.717, 1.165) is 0 Å². The fourth-order valence-electron chi connectivity index (χ4n) is 0.874. The second kappa shape index (κ2) is 9.46. The molecule has 0 unspecified atom stereocenters. The van der Waals surface area contributed by atoms with Crippen LogP contribution in [-0.2, 0) is 21.1 Å². The van der Waals surface area contributed by atoms with Crippen LogP contribution in [0.1, 0.15) is 25.7 Å². The van der Waals surface area contributed by atoms with Gasteiger partial charge in [0.05, 0.1) is 0 Å². The van der Waals surface area contributed by atoms with Gasteiger partial charge in [0.25, 0.3) is 0 Å². The first-order valence-corrected chi connectivity index (χ1v) is 3.32. The maximum atomic E-state index is 2.23. The summed E-state index contributed by atoms with van der Waals surface area (Å²) in [6.07, 6.45) is 14.0. The smallest absolute Gasteiger partial charge is 0 e. The molecular formula is C8H13ClPt. The van der Waals surface area contributed by atoms with E-state index >= 15 is 0 Å². The summed E-state index contributed by atoms with van der Waals surface area (Å²) >= 11 is 0. The number of allylic oxidation sites excluding steroid dienone is 4. The van der Waals surface area contributed by atoms with Crippen molar-refractivity contribution < 1.29 is 21.1 Å². The van der Waals surface area contributed by atoms with Crippen LogP contribution in [0.2, 0.25) is 0 Å². The maximum absolute atomic E-state index is 2.23. The molecule has 0 radical (unpaired) electrons. The summed E-state index contributed by atoms with van der Waals surface area (Å²) in [5.74, 6) is 0. The Balaban J connectivity index is 0. The van der Waals surface area contributed by atoms with E-state index in [-0.39, 0.29) is 33.5 Å². The van der Waals surface area contributed by atoms with Crippen LogP contribution in [0.5, 0.6) is 0 Å². The largest absolute Gasteiger partial charge is 0.147 e. The minimum absolute atomic E-state index is 0. The van der Waals surface area contributed by atoms with Gasteiger partial charge in [-0.1, -0.05) is 24.3 Å². The molecule has 1 aliphatic carbocycles. The van der Waals surface area contributed by atoms with Crippen molar-refractivity contribution in [2.45, 2.75) is 25.7 Å². The van der Waals surface area contributed by atoms with Gasteiger partial charge < -0.3 is 0 Å². The van der Waals surface area contributed by atoms with Crippen LogP contribution in [0.3, 0.4) is 0 Å². The Morgan fingerprint density at radius 3 is 1.60 bits per heavy atom. The van der Waals surface area contributed by atoms with Gasteiger partial charge in [0.15, 0.2) is 0 Å². The fourth-order valence-corrected chi connectivity index (χ4v) is 0.874. The summed E-state index contributed by atoms with van der Waals surface area (Å²) in [6.45, 7) is 0. The Labute approximate surface area is 83.4 Å². The molecule has 0 aromatic heterocycles. The Morgan fingerprint density at radius 2 is 1.20 bits per heavy atom.